The molecule has 6 nitrogen and oxygen atoms in total. The largest absolute Gasteiger partial charge is 0.469 e. The zero-order chi connectivity index (χ0) is 19.0. The van der Waals surface area contributed by atoms with Crippen LogP contribution in [0.3, 0.4) is 0 Å². The number of aliphatic imine (C=N–C) groups is 1. The number of nitrogens with zero attached hydrogens (tertiary/aromatic N) is 3. The average molecular weight is 383 g/mol. The fraction of sp³-hybridized carbons (Fsp3) is 0.500. The van der Waals surface area contributed by atoms with Gasteiger partial charge in [-0.3, -0.25) is 4.99 Å². The Bertz CT molecular complexity index is 718. The van der Waals surface area contributed by atoms with Crippen LogP contribution in [0.2, 0.25) is 0 Å². The number of rotatable bonds is 6. The number of hydrogen-bond acceptors (Lipinski definition) is 4. The van der Waals surface area contributed by atoms with Crippen molar-refractivity contribution in [2.24, 2.45) is 4.99 Å². The highest BCUT2D eigenvalue weighted by atomic mass is 16.5. The third-order valence-electron chi connectivity index (χ3n) is 5.40. The Labute approximate surface area is 167 Å². The Morgan fingerprint density at radius 1 is 1.07 bits per heavy atom. The van der Waals surface area contributed by atoms with E-state index < -0.39 is 0 Å². The van der Waals surface area contributed by atoms with Crippen molar-refractivity contribution >= 4 is 11.6 Å². The highest BCUT2D eigenvalue weighted by Crippen LogP contribution is 2.16. The predicted octanol–water partition coefficient (Wildman–Crippen LogP) is 2.77. The van der Waals surface area contributed by atoms with Crippen LogP contribution in [0.4, 0.5) is 5.69 Å². The van der Waals surface area contributed by atoms with E-state index in [1.165, 1.54) is 5.69 Å². The normalized spacial score (nSPS) is 20.6. The third kappa shape index (κ3) is 5.07. The number of piperazine rings is 1. The highest BCUT2D eigenvalue weighted by Gasteiger charge is 2.21. The number of anilines is 1. The van der Waals surface area contributed by atoms with Crippen LogP contribution in [0.5, 0.6) is 0 Å². The average Bonchev–Trinajstić information content (AvgIpc) is 3.46. The van der Waals surface area contributed by atoms with Gasteiger partial charge in [-0.25, -0.2) is 0 Å². The molecule has 0 amide bonds. The molecule has 2 saturated heterocycles. The SMILES string of the molecule is c1ccc(N2CCN(C(=NCC3CCCO3)NCCc3ccco3)CC2)cc1. The molecule has 1 atom stereocenters. The zero-order valence-corrected chi connectivity index (χ0v) is 16.4. The lowest BCUT2D eigenvalue weighted by atomic mass is 10.2. The first-order chi connectivity index (χ1) is 13.9. The smallest absolute Gasteiger partial charge is 0.194 e. The van der Waals surface area contributed by atoms with Crippen LogP contribution in [0, 0.1) is 0 Å². The fourth-order valence-electron chi connectivity index (χ4n) is 3.81. The Morgan fingerprint density at radius 2 is 1.93 bits per heavy atom. The molecule has 1 N–H and O–H groups in total. The maximum Gasteiger partial charge on any atom is 0.194 e. The molecule has 6 heteroatoms. The summed E-state index contributed by atoms with van der Waals surface area (Å²) in [6.07, 6.45) is 5.12. The topological polar surface area (TPSA) is 53.2 Å². The molecule has 0 bridgehead atoms. The number of hydrogen-bond donors (Lipinski definition) is 1. The van der Waals surface area contributed by atoms with Gasteiger partial charge in [-0.1, -0.05) is 18.2 Å². The van der Waals surface area contributed by atoms with Gasteiger partial charge in [0, 0.05) is 51.4 Å². The molecular formula is C22H30N4O2. The molecule has 1 aromatic carbocycles. The van der Waals surface area contributed by atoms with Gasteiger partial charge in [-0.15, -0.1) is 0 Å². The predicted molar refractivity (Wildman–Crippen MR) is 112 cm³/mol. The second kappa shape index (κ2) is 9.64. The standard InChI is InChI=1S/C22H30N4O2/c1-2-6-19(7-3-1)25-12-14-26(15-13-25)22(24-18-21-9-5-17-28-21)23-11-10-20-8-4-16-27-20/h1-4,6-8,16,21H,5,9-15,17-18H2,(H,23,24). The van der Waals surface area contributed by atoms with Crippen molar-refractivity contribution in [3.8, 4) is 0 Å². The number of furan rings is 1. The van der Waals surface area contributed by atoms with Gasteiger partial charge in [0.1, 0.15) is 5.76 Å². The first kappa shape index (κ1) is 18.9. The molecule has 0 radical (unpaired) electrons. The van der Waals surface area contributed by atoms with E-state index in [9.17, 15) is 0 Å². The van der Waals surface area contributed by atoms with Crippen LogP contribution >= 0.6 is 0 Å². The number of ether oxygens (including phenoxy) is 1. The summed E-state index contributed by atoms with van der Waals surface area (Å²) in [4.78, 5) is 9.72. The van der Waals surface area contributed by atoms with Crippen LogP contribution < -0.4 is 10.2 Å². The van der Waals surface area contributed by atoms with E-state index in [2.05, 4.69) is 45.4 Å². The lowest BCUT2D eigenvalue weighted by Crippen LogP contribution is -2.53. The Balaban J connectivity index is 1.34. The molecule has 2 aliphatic rings. The molecule has 2 aliphatic heterocycles. The number of guanidine groups is 1. The van der Waals surface area contributed by atoms with Crippen LogP contribution in [-0.2, 0) is 11.2 Å². The zero-order valence-electron chi connectivity index (χ0n) is 16.4. The summed E-state index contributed by atoms with van der Waals surface area (Å²) in [5.74, 6) is 2.00. The van der Waals surface area contributed by atoms with Crippen molar-refractivity contribution in [3.63, 3.8) is 0 Å². The van der Waals surface area contributed by atoms with Crippen molar-refractivity contribution < 1.29 is 9.15 Å². The van der Waals surface area contributed by atoms with Gasteiger partial charge in [-0.05, 0) is 37.1 Å². The van der Waals surface area contributed by atoms with Crippen molar-refractivity contribution in [2.45, 2.75) is 25.4 Å². The van der Waals surface area contributed by atoms with Gasteiger partial charge >= 0.3 is 0 Å². The Kier molecular flexibility index (Phi) is 6.50. The number of nitrogens with one attached hydrogen (secondary N) is 1. The summed E-state index contributed by atoms with van der Waals surface area (Å²) in [5, 5.41) is 3.55. The maximum absolute atomic E-state index is 5.75. The molecular weight excluding hydrogens is 352 g/mol. The molecule has 2 aromatic rings. The fourth-order valence-corrected chi connectivity index (χ4v) is 3.81. The van der Waals surface area contributed by atoms with E-state index in [1.54, 1.807) is 6.26 Å². The maximum atomic E-state index is 5.75. The molecule has 150 valence electrons. The van der Waals surface area contributed by atoms with Gasteiger partial charge in [0.2, 0.25) is 0 Å². The first-order valence-electron chi connectivity index (χ1n) is 10.4. The molecule has 28 heavy (non-hydrogen) atoms. The van der Waals surface area contributed by atoms with E-state index in [4.69, 9.17) is 14.1 Å². The summed E-state index contributed by atoms with van der Waals surface area (Å²) in [6.45, 7) is 6.36. The summed E-state index contributed by atoms with van der Waals surface area (Å²) in [7, 11) is 0. The van der Waals surface area contributed by atoms with Gasteiger partial charge in [0.05, 0.1) is 18.9 Å². The van der Waals surface area contributed by atoms with Gasteiger partial charge in [0.25, 0.3) is 0 Å². The summed E-state index contributed by atoms with van der Waals surface area (Å²) in [5.41, 5.74) is 1.30. The minimum absolute atomic E-state index is 0.271. The molecule has 1 unspecified atom stereocenters. The van der Waals surface area contributed by atoms with Crippen LogP contribution in [-0.4, -0.2) is 62.8 Å². The van der Waals surface area contributed by atoms with Crippen LogP contribution in [0.1, 0.15) is 18.6 Å². The lowest BCUT2D eigenvalue weighted by Gasteiger charge is -2.37. The lowest BCUT2D eigenvalue weighted by molar-refractivity contribution is 0.117. The molecule has 0 aliphatic carbocycles. The Morgan fingerprint density at radius 3 is 2.64 bits per heavy atom. The minimum Gasteiger partial charge on any atom is -0.469 e. The highest BCUT2D eigenvalue weighted by molar-refractivity contribution is 5.80. The van der Waals surface area contributed by atoms with Crippen molar-refractivity contribution in [1.29, 1.82) is 0 Å². The monoisotopic (exact) mass is 382 g/mol. The van der Waals surface area contributed by atoms with Crippen molar-refractivity contribution in [3.05, 3.63) is 54.5 Å². The minimum atomic E-state index is 0.271. The second-order valence-corrected chi connectivity index (χ2v) is 7.37. The number of benzene rings is 1. The van der Waals surface area contributed by atoms with Gasteiger partial charge < -0.3 is 24.3 Å². The van der Waals surface area contributed by atoms with Crippen molar-refractivity contribution in [1.82, 2.24) is 10.2 Å². The summed E-state index contributed by atoms with van der Waals surface area (Å²) in [6, 6.07) is 14.6. The van der Waals surface area contributed by atoms with E-state index in [0.717, 1.165) is 76.9 Å². The first-order valence-corrected chi connectivity index (χ1v) is 10.4. The van der Waals surface area contributed by atoms with Gasteiger partial charge in [-0.2, -0.15) is 0 Å². The van der Waals surface area contributed by atoms with Gasteiger partial charge in [0.15, 0.2) is 5.96 Å². The molecule has 0 saturated carbocycles. The molecule has 4 rings (SSSR count). The van der Waals surface area contributed by atoms with E-state index in [1.807, 2.05) is 12.1 Å². The van der Waals surface area contributed by atoms with Crippen LogP contribution in [0.25, 0.3) is 0 Å². The molecule has 3 heterocycles. The third-order valence-corrected chi connectivity index (χ3v) is 5.40. The second-order valence-electron chi connectivity index (χ2n) is 7.37. The van der Waals surface area contributed by atoms with Crippen LogP contribution in [0.15, 0.2) is 58.1 Å². The van der Waals surface area contributed by atoms with Crippen molar-refractivity contribution in [2.75, 3.05) is 50.8 Å². The van der Waals surface area contributed by atoms with E-state index >= 15 is 0 Å². The quantitative estimate of drug-likeness (QED) is 0.615. The summed E-state index contributed by atoms with van der Waals surface area (Å²) >= 11 is 0. The number of para-hydroxylation sites is 1. The summed E-state index contributed by atoms with van der Waals surface area (Å²) < 4.78 is 11.2. The Hall–Kier alpha value is -2.47. The molecule has 2 fully saturated rings. The van der Waals surface area contributed by atoms with E-state index in [-0.39, 0.29) is 6.10 Å². The molecule has 1 aromatic heterocycles. The molecule has 0 spiro atoms. The van der Waals surface area contributed by atoms with E-state index in [0.29, 0.717) is 0 Å².